The van der Waals surface area contributed by atoms with E-state index in [0.717, 1.165) is 34.8 Å². The molecule has 96 valence electrons. The molecule has 0 unspecified atom stereocenters. The number of benzene rings is 2. The second-order valence-electron chi connectivity index (χ2n) is 4.38. The number of imidazole rings is 1. The van der Waals surface area contributed by atoms with Crippen LogP contribution in [0.25, 0.3) is 16.7 Å². The number of aromatic amines is 1. The fourth-order valence-corrected chi connectivity index (χ4v) is 2.43. The SMILES string of the molecule is Cc1ccc2c(c1)[nH]c(=S)n2-c1cc(F)ccc1F. The van der Waals surface area contributed by atoms with E-state index in [2.05, 4.69) is 4.98 Å². The zero-order chi connectivity index (χ0) is 13.6. The lowest BCUT2D eigenvalue weighted by atomic mass is 10.2. The fourth-order valence-electron chi connectivity index (χ4n) is 2.12. The molecule has 0 saturated heterocycles. The maximum atomic E-state index is 13.9. The summed E-state index contributed by atoms with van der Waals surface area (Å²) in [6.07, 6.45) is 0. The van der Waals surface area contributed by atoms with Gasteiger partial charge in [0.1, 0.15) is 11.6 Å². The Kier molecular flexibility index (Phi) is 2.71. The lowest BCUT2D eigenvalue weighted by Gasteiger charge is -2.06. The Labute approximate surface area is 113 Å². The van der Waals surface area contributed by atoms with Crippen LogP contribution in [0, 0.1) is 23.3 Å². The van der Waals surface area contributed by atoms with Crippen molar-refractivity contribution in [1.82, 2.24) is 9.55 Å². The van der Waals surface area contributed by atoms with Gasteiger partial charge in [-0.05, 0) is 49.0 Å². The van der Waals surface area contributed by atoms with Crippen LogP contribution in [0.1, 0.15) is 5.56 Å². The summed E-state index contributed by atoms with van der Waals surface area (Å²) in [6.45, 7) is 1.95. The summed E-state index contributed by atoms with van der Waals surface area (Å²) < 4.78 is 29.0. The summed E-state index contributed by atoms with van der Waals surface area (Å²) in [5, 5.41) is 0. The van der Waals surface area contributed by atoms with Crippen molar-refractivity contribution in [3.05, 3.63) is 58.4 Å². The number of aromatic nitrogens is 2. The first-order chi connectivity index (χ1) is 9.06. The predicted octanol–water partition coefficient (Wildman–Crippen LogP) is 4.27. The van der Waals surface area contributed by atoms with E-state index in [1.54, 1.807) is 0 Å². The van der Waals surface area contributed by atoms with Crippen molar-refractivity contribution in [2.24, 2.45) is 0 Å². The van der Waals surface area contributed by atoms with Crippen molar-refractivity contribution < 1.29 is 8.78 Å². The van der Waals surface area contributed by atoms with Crippen molar-refractivity contribution in [3.8, 4) is 5.69 Å². The molecule has 0 aliphatic carbocycles. The number of aryl methyl sites for hydroxylation is 1. The van der Waals surface area contributed by atoms with Gasteiger partial charge in [0.05, 0.1) is 16.7 Å². The molecular weight excluding hydrogens is 266 g/mol. The second kappa shape index (κ2) is 4.28. The molecule has 1 N–H and O–H groups in total. The van der Waals surface area contributed by atoms with E-state index >= 15 is 0 Å². The van der Waals surface area contributed by atoms with Gasteiger partial charge in [-0.25, -0.2) is 8.78 Å². The molecule has 2 nitrogen and oxygen atoms in total. The van der Waals surface area contributed by atoms with Gasteiger partial charge in [0, 0.05) is 6.07 Å². The zero-order valence-corrected chi connectivity index (χ0v) is 10.9. The maximum Gasteiger partial charge on any atom is 0.182 e. The van der Waals surface area contributed by atoms with Crippen LogP contribution in [0.15, 0.2) is 36.4 Å². The van der Waals surface area contributed by atoms with Gasteiger partial charge in [-0.3, -0.25) is 4.57 Å². The minimum atomic E-state index is -0.515. The summed E-state index contributed by atoms with van der Waals surface area (Å²) in [5.41, 5.74) is 2.70. The quantitative estimate of drug-likeness (QED) is 0.658. The van der Waals surface area contributed by atoms with Crippen LogP contribution in [0.2, 0.25) is 0 Å². The van der Waals surface area contributed by atoms with Crippen LogP contribution in [0.4, 0.5) is 8.78 Å². The number of H-pyrrole nitrogens is 1. The first-order valence-corrected chi connectivity index (χ1v) is 6.14. The summed E-state index contributed by atoms with van der Waals surface area (Å²) in [5.74, 6) is -1.02. The Bertz CT molecular complexity index is 833. The molecule has 0 amide bonds. The lowest BCUT2D eigenvalue weighted by molar-refractivity contribution is 0.593. The van der Waals surface area contributed by atoms with E-state index in [0.29, 0.717) is 4.77 Å². The topological polar surface area (TPSA) is 20.7 Å². The largest absolute Gasteiger partial charge is 0.330 e. The summed E-state index contributed by atoms with van der Waals surface area (Å²) in [7, 11) is 0. The van der Waals surface area contributed by atoms with Crippen molar-refractivity contribution in [3.63, 3.8) is 0 Å². The number of rotatable bonds is 1. The molecule has 0 spiro atoms. The predicted molar refractivity (Wildman–Crippen MR) is 73.1 cm³/mol. The monoisotopic (exact) mass is 276 g/mol. The summed E-state index contributed by atoms with van der Waals surface area (Å²) in [6, 6.07) is 8.97. The zero-order valence-electron chi connectivity index (χ0n) is 10.1. The molecule has 19 heavy (non-hydrogen) atoms. The smallest absolute Gasteiger partial charge is 0.182 e. The highest BCUT2D eigenvalue weighted by Crippen LogP contribution is 2.23. The van der Waals surface area contributed by atoms with Crippen molar-refractivity contribution in [1.29, 1.82) is 0 Å². The van der Waals surface area contributed by atoms with Crippen LogP contribution in [-0.2, 0) is 0 Å². The van der Waals surface area contributed by atoms with Crippen LogP contribution < -0.4 is 0 Å². The van der Waals surface area contributed by atoms with Crippen LogP contribution in [-0.4, -0.2) is 9.55 Å². The van der Waals surface area contributed by atoms with Gasteiger partial charge in [0.15, 0.2) is 4.77 Å². The normalized spacial score (nSPS) is 11.1. The molecule has 0 fully saturated rings. The third-order valence-electron chi connectivity index (χ3n) is 2.99. The molecule has 3 aromatic rings. The number of hydrogen-bond donors (Lipinski definition) is 1. The van der Waals surface area contributed by atoms with Crippen LogP contribution >= 0.6 is 12.2 Å². The number of nitrogens with zero attached hydrogens (tertiary/aromatic N) is 1. The summed E-state index contributed by atoms with van der Waals surface area (Å²) in [4.78, 5) is 3.00. The van der Waals surface area contributed by atoms with Gasteiger partial charge in [-0.15, -0.1) is 0 Å². The number of halogens is 2. The van der Waals surface area contributed by atoms with Crippen molar-refractivity contribution >= 4 is 23.3 Å². The highest BCUT2D eigenvalue weighted by molar-refractivity contribution is 7.71. The van der Waals surface area contributed by atoms with Crippen LogP contribution in [0.3, 0.4) is 0 Å². The highest BCUT2D eigenvalue weighted by atomic mass is 32.1. The van der Waals surface area contributed by atoms with Crippen LogP contribution in [0.5, 0.6) is 0 Å². The molecule has 0 saturated carbocycles. The molecule has 1 heterocycles. The standard InChI is InChI=1S/C14H10F2N2S/c1-8-2-5-12-11(6-8)17-14(19)18(12)13-7-9(15)3-4-10(13)16/h2-7H,1H3,(H,17,19). The summed E-state index contributed by atoms with van der Waals surface area (Å²) >= 11 is 5.20. The molecule has 2 aromatic carbocycles. The third kappa shape index (κ3) is 1.96. The molecule has 0 atom stereocenters. The Morgan fingerprint density at radius 1 is 1.11 bits per heavy atom. The Morgan fingerprint density at radius 2 is 1.89 bits per heavy atom. The van der Waals surface area contributed by atoms with E-state index < -0.39 is 11.6 Å². The van der Waals surface area contributed by atoms with Gasteiger partial charge in [-0.1, -0.05) is 6.07 Å². The molecule has 5 heteroatoms. The van der Waals surface area contributed by atoms with Gasteiger partial charge in [0.2, 0.25) is 0 Å². The Hall–Kier alpha value is -2.01. The maximum absolute atomic E-state index is 13.9. The molecule has 0 aliphatic heterocycles. The molecule has 0 aliphatic rings. The molecular formula is C14H10F2N2S. The van der Waals surface area contributed by atoms with Gasteiger partial charge in [-0.2, -0.15) is 0 Å². The Morgan fingerprint density at radius 3 is 2.68 bits per heavy atom. The molecule has 0 radical (unpaired) electrons. The third-order valence-corrected chi connectivity index (χ3v) is 3.27. The first-order valence-electron chi connectivity index (χ1n) is 5.73. The number of hydrogen-bond acceptors (Lipinski definition) is 1. The Balaban J connectivity index is 2.39. The van der Waals surface area contributed by atoms with E-state index in [1.807, 2.05) is 25.1 Å². The van der Waals surface area contributed by atoms with E-state index in [9.17, 15) is 8.78 Å². The van der Waals surface area contributed by atoms with Crippen molar-refractivity contribution in [2.45, 2.75) is 6.92 Å². The lowest BCUT2D eigenvalue weighted by Crippen LogP contribution is -1.98. The van der Waals surface area contributed by atoms with E-state index in [4.69, 9.17) is 12.2 Å². The highest BCUT2D eigenvalue weighted by Gasteiger charge is 2.11. The number of nitrogens with one attached hydrogen (secondary N) is 1. The van der Waals surface area contributed by atoms with Gasteiger partial charge >= 0.3 is 0 Å². The van der Waals surface area contributed by atoms with Gasteiger partial charge in [0.25, 0.3) is 0 Å². The van der Waals surface area contributed by atoms with E-state index in [-0.39, 0.29) is 5.69 Å². The van der Waals surface area contributed by atoms with Crippen molar-refractivity contribution in [2.75, 3.05) is 0 Å². The number of fused-ring (bicyclic) bond motifs is 1. The fraction of sp³-hybridized carbons (Fsp3) is 0.0714. The van der Waals surface area contributed by atoms with E-state index in [1.165, 1.54) is 4.57 Å². The molecule has 0 bridgehead atoms. The molecule has 3 rings (SSSR count). The second-order valence-corrected chi connectivity index (χ2v) is 4.77. The molecule has 1 aromatic heterocycles. The minimum Gasteiger partial charge on any atom is -0.330 e. The average Bonchev–Trinajstić information content (AvgIpc) is 2.67. The first kappa shape index (κ1) is 12.0. The minimum absolute atomic E-state index is 0.111. The van der Waals surface area contributed by atoms with Gasteiger partial charge < -0.3 is 4.98 Å². The average molecular weight is 276 g/mol.